The van der Waals surface area contributed by atoms with Crippen LogP contribution in [0.2, 0.25) is 5.02 Å². The minimum Gasteiger partial charge on any atom is -0.381 e. The van der Waals surface area contributed by atoms with Crippen LogP contribution in [0.25, 0.3) is 0 Å². The number of carbonyl (C=O) groups excluding carboxylic acids is 1. The molecule has 0 atom stereocenters. The monoisotopic (exact) mass is 419 g/mol. The second-order valence-corrected chi connectivity index (χ2v) is 10.1. The molecule has 0 spiro atoms. The first kappa shape index (κ1) is 19.4. The number of halogens is 1. The van der Waals surface area contributed by atoms with Gasteiger partial charge in [0, 0.05) is 31.3 Å². The van der Waals surface area contributed by atoms with E-state index >= 15 is 0 Å². The molecule has 0 radical (unpaired) electrons. The van der Waals surface area contributed by atoms with Gasteiger partial charge in [-0.3, -0.25) is 4.79 Å². The van der Waals surface area contributed by atoms with E-state index in [1.807, 2.05) is 30.3 Å². The summed E-state index contributed by atoms with van der Waals surface area (Å²) in [6, 6.07) is 15.9. The summed E-state index contributed by atoms with van der Waals surface area (Å²) in [5.74, 6) is 0.00422. The average Bonchev–Trinajstić information content (AvgIpc) is 2.68. The smallest absolute Gasteiger partial charge is 0.233 e. The third kappa shape index (κ3) is 3.34. The summed E-state index contributed by atoms with van der Waals surface area (Å²) in [5, 5.41) is -0.0843. The Hall–Kier alpha value is -1.89. The highest BCUT2D eigenvalue weighted by Gasteiger charge is 2.49. The fraction of sp³-hybridized carbons (Fsp3) is 0.381. The quantitative estimate of drug-likeness (QED) is 0.764. The number of carbonyl (C=O) groups is 1. The lowest BCUT2D eigenvalue weighted by Gasteiger charge is -2.46. The van der Waals surface area contributed by atoms with Crippen LogP contribution in [0, 0.1) is 0 Å². The number of benzene rings is 2. The highest BCUT2D eigenvalue weighted by atomic mass is 35.5. The molecule has 2 aromatic carbocycles. The van der Waals surface area contributed by atoms with Crippen LogP contribution < -0.4 is 0 Å². The number of nitrogens with zero attached hydrogens (tertiary/aromatic N) is 1. The van der Waals surface area contributed by atoms with Gasteiger partial charge in [0.05, 0.1) is 10.3 Å². The summed E-state index contributed by atoms with van der Waals surface area (Å²) in [5.41, 5.74) is 0.349. The molecule has 0 N–H and O–H groups in total. The van der Waals surface area contributed by atoms with Gasteiger partial charge in [0.2, 0.25) is 5.91 Å². The van der Waals surface area contributed by atoms with E-state index in [4.69, 9.17) is 16.3 Å². The van der Waals surface area contributed by atoms with Crippen LogP contribution in [0.3, 0.4) is 0 Å². The third-order valence-corrected chi connectivity index (χ3v) is 8.16. The maximum absolute atomic E-state index is 13.4. The Balaban J connectivity index is 1.53. The topological polar surface area (TPSA) is 63.7 Å². The summed E-state index contributed by atoms with van der Waals surface area (Å²) in [6.45, 7) is 1.50. The van der Waals surface area contributed by atoms with Crippen LogP contribution >= 0.6 is 11.6 Å². The Labute approximate surface area is 170 Å². The van der Waals surface area contributed by atoms with Crippen LogP contribution in [0.1, 0.15) is 18.4 Å². The van der Waals surface area contributed by atoms with Gasteiger partial charge in [-0.25, -0.2) is 8.42 Å². The van der Waals surface area contributed by atoms with E-state index in [2.05, 4.69) is 0 Å². The van der Waals surface area contributed by atoms with Gasteiger partial charge >= 0.3 is 0 Å². The van der Waals surface area contributed by atoms with Crippen molar-refractivity contribution in [1.29, 1.82) is 0 Å². The Morgan fingerprint density at radius 3 is 2.21 bits per heavy atom. The molecule has 2 aliphatic heterocycles. The van der Waals surface area contributed by atoms with Crippen LogP contribution in [0.15, 0.2) is 59.5 Å². The highest BCUT2D eigenvalue weighted by Crippen LogP contribution is 2.38. The van der Waals surface area contributed by atoms with Crippen molar-refractivity contribution in [3.8, 4) is 0 Å². The molecule has 2 fully saturated rings. The Bertz CT molecular complexity index is 948. The normalized spacial score (nSPS) is 19.8. The Morgan fingerprint density at radius 1 is 1.00 bits per heavy atom. The summed E-state index contributed by atoms with van der Waals surface area (Å²) in [6.07, 6.45) is 1.22. The minimum absolute atomic E-state index is 0.00422. The van der Waals surface area contributed by atoms with Crippen molar-refractivity contribution in [2.24, 2.45) is 0 Å². The van der Waals surface area contributed by atoms with Crippen LogP contribution in [-0.2, 0) is 24.8 Å². The van der Waals surface area contributed by atoms with Gasteiger partial charge in [0.1, 0.15) is 5.25 Å². The van der Waals surface area contributed by atoms with E-state index in [1.165, 1.54) is 12.1 Å². The SMILES string of the molecule is O=C(N1CC(S(=O)(=O)c2ccc(Cl)cc2)C1)C1(c2ccccc2)CCOCC1. The molecular weight excluding hydrogens is 398 g/mol. The third-order valence-electron chi connectivity index (χ3n) is 5.80. The molecule has 2 aliphatic rings. The van der Waals surface area contributed by atoms with Crippen molar-refractivity contribution in [3.63, 3.8) is 0 Å². The predicted molar refractivity (Wildman–Crippen MR) is 107 cm³/mol. The van der Waals surface area contributed by atoms with Gasteiger partial charge in [0.15, 0.2) is 9.84 Å². The van der Waals surface area contributed by atoms with Crippen LogP contribution in [0.5, 0.6) is 0 Å². The fourth-order valence-corrected chi connectivity index (χ4v) is 5.80. The van der Waals surface area contributed by atoms with Crippen LogP contribution in [0.4, 0.5) is 0 Å². The zero-order valence-corrected chi connectivity index (χ0v) is 17.0. The minimum atomic E-state index is -3.48. The fourth-order valence-electron chi connectivity index (χ4n) is 4.02. The molecule has 1 amide bonds. The lowest BCUT2D eigenvalue weighted by molar-refractivity contribution is -0.144. The van der Waals surface area contributed by atoms with Gasteiger partial charge in [-0.2, -0.15) is 0 Å². The average molecular weight is 420 g/mol. The summed E-state index contributed by atoms with van der Waals surface area (Å²) >= 11 is 5.86. The van der Waals surface area contributed by atoms with E-state index in [9.17, 15) is 13.2 Å². The summed E-state index contributed by atoms with van der Waals surface area (Å²) in [7, 11) is -3.48. The number of ether oxygens (including phenoxy) is 1. The number of rotatable bonds is 4. The van der Waals surface area contributed by atoms with E-state index in [0.29, 0.717) is 31.1 Å². The van der Waals surface area contributed by atoms with Crippen molar-refractivity contribution in [1.82, 2.24) is 4.90 Å². The van der Waals surface area contributed by atoms with Gasteiger partial charge in [-0.15, -0.1) is 0 Å². The molecule has 0 saturated carbocycles. The van der Waals surface area contributed by atoms with E-state index in [1.54, 1.807) is 17.0 Å². The standard InChI is InChI=1S/C21H22ClNO4S/c22-17-6-8-18(9-7-17)28(25,26)19-14-23(15-19)20(24)21(10-12-27-13-11-21)16-4-2-1-3-5-16/h1-9,19H,10-15H2. The van der Waals surface area contributed by atoms with Crippen molar-refractivity contribution in [3.05, 3.63) is 65.2 Å². The number of sulfone groups is 1. The van der Waals surface area contributed by atoms with Crippen molar-refractivity contribution >= 4 is 27.3 Å². The first-order valence-electron chi connectivity index (χ1n) is 9.36. The molecule has 2 heterocycles. The molecule has 0 unspecified atom stereocenters. The number of hydrogen-bond donors (Lipinski definition) is 0. The van der Waals surface area contributed by atoms with E-state index in [0.717, 1.165) is 5.56 Å². The second kappa shape index (κ2) is 7.50. The molecule has 4 rings (SSSR count). The van der Waals surface area contributed by atoms with Gasteiger partial charge in [0.25, 0.3) is 0 Å². The summed E-state index contributed by atoms with van der Waals surface area (Å²) < 4.78 is 31.1. The largest absolute Gasteiger partial charge is 0.381 e. The number of hydrogen-bond acceptors (Lipinski definition) is 4. The number of amides is 1. The zero-order chi connectivity index (χ0) is 19.8. The maximum atomic E-state index is 13.4. The lowest BCUT2D eigenvalue weighted by Crippen LogP contribution is -2.62. The zero-order valence-electron chi connectivity index (χ0n) is 15.4. The molecule has 5 nitrogen and oxygen atoms in total. The van der Waals surface area contributed by atoms with Crippen LogP contribution in [-0.4, -0.2) is 50.8 Å². The van der Waals surface area contributed by atoms with Crippen molar-refractivity contribution < 1.29 is 17.9 Å². The Morgan fingerprint density at radius 2 is 1.61 bits per heavy atom. The molecule has 2 saturated heterocycles. The van der Waals surface area contributed by atoms with Crippen molar-refractivity contribution in [2.75, 3.05) is 26.3 Å². The number of likely N-dealkylation sites (tertiary alicyclic amines) is 1. The van der Waals surface area contributed by atoms with Crippen molar-refractivity contribution in [2.45, 2.75) is 28.4 Å². The van der Waals surface area contributed by atoms with Gasteiger partial charge in [-0.1, -0.05) is 41.9 Å². The molecule has 0 aromatic heterocycles. The molecule has 28 heavy (non-hydrogen) atoms. The van der Waals surface area contributed by atoms with Gasteiger partial charge < -0.3 is 9.64 Å². The summed E-state index contributed by atoms with van der Waals surface area (Å²) in [4.78, 5) is 15.3. The first-order valence-corrected chi connectivity index (χ1v) is 11.3. The molecule has 2 aromatic rings. The lowest BCUT2D eigenvalue weighted by atomic mass is 9.72. The molecule has 148 valence electrons. The van der Waals surface area contributed by atoms with E-state index in [-0.39, 0.29) is 23.9 Å². The molecule has 7 heteroatoms. The molecular formula is C21H22ClNO4S. The first-order chi connectivity index (χ1) is 13.4. The maximum Gasteiger partial charge on any atom is 0.233 e. The molecule has 0 bridgehead atoms. The molecule has 0 aliphatic carbocycles. The Kier molecular flexibility index (Phi) is 5.21. The second-order valence-electron chi connectivity index (χ2n) is 7.39. The highest BCUT2D eigenvalue weighted by molar-refractivity contribution is 7.92. The van der Waals surface area contributed by atoms with Gasteiger partial charge in [-0.05, 0) is 42.7 Å². The predicted octanol–water partition coefficient (Wildman–Crippen LogP) is 3.07. The van der Waals surface area contributed by atoms with E-state index < -0.39 is 20.5 Å².